The second kappa shape index (κ2) is 7.78. The summed E-state index contributed by atoms with van der Waals surface area (Å²) in [6, 6.07) is 8.39. The van der Waals surface area contributed by atoms with Crippen LogP contribution in [-0.2, 0) is 24.1 Å². The minimum absolute atomic E-state index is 0.0362. The van der Waals surface area contributed by atoms with Gasteiger partial charge in [0.2, 0.25) is 0 Å². The van der Waals surface area contributed by atoms with Crippen LogP contribution in [-0.4, -0.2) is 32.8 Å². The fraction of sp³-hybridized carbons (Fsp3) is 0.500. The molecule has 1 aromatic carbocycles. The zero-order valence-electron chi connectivity index (χ0n) is 16.3. The molecular weight excluding hydrogens is 354 g/mol. The molecule has 0 spiro atoms. The maximum Gasteiger partial charge on any atom is 0.306 e. The summed E-state index contributed by atoms with van der Waals surface area (Å²) in [6.45, 7) is 2.13. The maximum atomic E-state index is 12.9. The Balaban J connectivity index is 1.52. The van der Waals surface area contributed by atoms with Gasteiger partial charge in [0, 0.05) is 17.3 Å². The number of rotatable bonds is 5. The third-order valence-corrected chi connectivity index (χ3v) is 6.15. The number of hydrogen-bond donors (Lipinski definition) is 2. The van der Waals surface area contributed by atoms with Crippen LogP contribution in [0.25, 0.3) is 5.69 Å². The van der Waals surface area contributed by atoms with E-state index in [2.05, 4.69) is 41.6 Å². The number of aryl methyl sites for hydroxylation is 1. The van der Waals surface area contributed by atoms with Gasteiger partial charge in [-0.3, -0.25) is 9.59 Å². The second-order valence-electron chi connectivity index (χ2n) is 7.92. The number of fused-ring (bicyclic) bond motifs is 1. The Hall–Kier alpha value is -2.63. The number of benzene rings is 1. The minimum Gasteiger partial charge on any atom is -0.481 e. The molecule has 1 saturated carbocycles. The fourth-order valence-electron chi connectivity index (χ4n) is 4.44. The smallest absolute Gasteiger partial charge is 0.306 e. The molecule has 0 bridgehead atoms. The molecule has 0 unspecified atom stereocenters. The number of aromatic nitrogens is 2. The van der Waals surface area contributed by atoms with Gasteiger partial charge in [0.25, 0.3) is 5.91 Å². The zero-order valence-corrected chi connectivity index (χ0v) is 16.3. The van der Waals surface area contributed by atoms with Gasteiger partial charge < -0.3 is 10.4 Å². The van der Waals surface area contributed by atoms with Gasteiger partial charge in [-0.2, -0.15) is 5.10 Å². The molecule has 2 N–H and O–H groups in total. The number of aliphatic carboxylic acids is 1. The number of nitrogens with zero attached hydrogens (tertiary/aromatic N) is 2. The predicted octanol–water partition coefficient (Wildman–Crippen LogP) is 3.30. The molecule has 148 valence electrons. The molecule has 6 heteroatoms. The van der Waals surface area contributed by atoms with Crippen molar-refractivity contribution in [1.29, 1.82) is 0 Å². The van der Waals surface area contributed by atoms with Crippen molar-refractivity contribution in [2.24, 2.45) is 5.92 Å². The van der Waals surface area contributed by atoms with Crippen LogP contribution in [0.1, 0.15) is 66.3 Å². The van der Waals surface area contributed by atoms with Gasteiger partial charge in [0.15, 0.2) is 5.69 Å². The molecule has 1 fully saturated rings. The third-order valence-electron chi connectivity index (χ3n) is 6.15. The molecule has 2 aromatic rings. The summed E-state index contributed by atoms with van der Waals surface area (Å²) >= 11 is 0. The van der Waals surface area contributed by atoms with Crippen molar-refractivity contribution in [3.8, 4) is 5.69 Å². The highest BCUT2D eigenvalue weighted by molar-refractivity contribution is 5.94. The molecule has 2 aliphatic rings. The summed E-state index contributed by atoms with van der Waals surface area (Å²) in [4.78, 5) is 24.0. The number of hydrogen-bond acceptors (Lipinski definition) is 3. The lowest BCUT2D eigenvalue weighted by molar-refractivity contribution is -0.142. The first-order valence-corrected chi connectivity index (χ1v) is 10.3. The molecule has 0 aliphatic heterocycles. The van der Waals surface area contributed by atoms with Crippen LogP contribution in [0.5, 0.6) is 0 Å². The average Bonchev–Trinajstić information content (AvgIpc) is 3.31. The normalized spacial score (nSPS) is 21.3. The SMILES string of the molecule is CCc1ccc(-n2nc(C(=O)NC3CCC(C(=O)O)CC3)c3c2CCC3)cc1. The number of carbonyl (C=O) groups is 2. The zero-order chi connectivity index (χ0) is 19.7. The first kappa shape index (κ1) is 18.7. The van der Waals surface area contributed by atoms with Gasteiger partial charge in [-0.15, -0.1) is 0 Å². The lowest BCUT2D eigenvalue weighted by atomic mass is 9.86. The van der Waals surface area contributed by atoms with E-state index >= 15 is 0 Å². The van der Waals surface area contributed by atoms with Crippen molar-refractivity contribution < 1.29 is 14.7 Å². The number of carboxylic acid groups (broad SMARTS) is 1. The molecule has 0 atom stereocenters. The predicted molar refractivity (Wildman–Crippen MR) is 106 cm³/mol. The van der Waals surface area contributed by atoms with Crippen molar-refractivity contribution in [1.82, 2.24) is 15.1 Å². The van der Waals surface area contributed by atoms with Gasteiger partial charge in [-0.1, -0.05) is 19.1 Å². The van der Waals surface area contributed by atoms with E-state index in [0.717, 1.165) is 42.6 Å². The Bertz CT molecular complexity index is 877. The first-order valence-electron chi connectivity index (χ1n) is 10.3. The summed E-state index contributed by atoms with van der Waals surface area (Å²) in [6.07, 6.45) is 6.53. The van der Waals surface area contributed by atoms with Crippen molar-refractivity contribution in [2.45, 2.75) is 64.3 Å². The average molecular weight is 381 g/mol. The fourth-order valence-corrected chi connectivity index (χ4v) is 4.44. The van der Waals surface area contributed by atoms with E-state index in [9.17, 15) is 9.59 Å². The van der Waals surface area contributed by atoms with Crippen molar-refractivity contribution in [3.63, 3.8) is 0 Å². The topological polar surface area (TPSA) is 84.2 Å². The second-order valence-corrected chi connectivity index (χ2v) is 7.92. The van der Waals surface area contributed by atoms with Crippen molar-refractivity contribution >= 4 is 11.9 Å². The summed E-state index contributed by atoms with van der Waals surface area (Å²) in [7, 11) is 0. The number of carbonyl (C=O) groups excluding carboxylic acids is 1. The molecular formula is C22H27N3O3. The van der Waals surface area contributed by atoms with Gasteiger partial charge in [-0.25, -0.2) is 4.68 Å². The van der Waals surface area contributed by atoms with Crippen LogP contribution in [0.3, 0.4) is 0 Å². The van der Waals surface area contributed by atoms with Crippen LogP contribution >= 0.6 is 0 Å². The molecule has 1 aromatic heterocycles. The van der Waals surface area contributed by atoms with Crippen LogP contribution < -0.4 is 5.32 Å². The van der Waals surface area contributed by atoms with E-state index in [1.807, 2.05) is 4.68 Å². The third kappa shape index (κ3) is 3.55. The minimum atomic E-state index is -0.726. The highest BCUT2D eigenvalue weighted by Gasteiger charge is 2.30. The summed E-state index contributed by atoms with van der Waals surface area (Å²) in [5, 5.41) is 16.9. The molecule has 4 rings (SSSR count). The molecule has 2 aliphatic carbocycles. The van der Waals surface area contributed by atoms with Gasteiger partial charge in [-0.05, 0) is 69.1 Å². The van der Waals surface area contributed by atoms with Crippen LogP contribution in [0.15, 0.2) is 24.3 Å². The quantitative estimate of drug-likeness (QED) is 0.832. The molecule has 1 heterocycles. The highest BCUT2D eigenvalue weighted by Crippen LogP contribution is 2.29. The van der Waals surface area contributed by atoms with E-state index in [-0.39, 0.29) is 17.9 Å². The molecule has 1 amide bonds. The number of nitrogens with one attached hydrogen (secondary N) is 1. The lowest BCUT2D eigenvalue weighted by Crippen LogP contribution is -2.39. The monoisotopic (exact) mass is 381 g/mol. The Morgan fingerprint density at radius 2 is 1.86 bits per heavy atom. The molecule has 6 nitrogen and oxygen atoms in total. The lowest BCUT2D eigenvalue weighted by Gasteiger charge is -2.26. The van der Waals surface area contributed by atoms with Crippen LogP contribution in [0.2, 0.25) is 0 Å². The van der Waals surface area contributed by atoms with Gasteiger partial charge >= 0.3 is 5.97 Å². The Kier molecular flexibility index (Phi) is 5.20. The van der Waals surface area contributed by atoms with E-state index in [4.69, 9.17) is 5.11 Å². The Morgan fingerprint density at radius 3 is 2.50 bits per heavy atom. The van der Waals surface area contributed by atoms with Crippen molar-refractivity contribution in [2.75, 3.05) is 0 Å². The standard InChI is InChI=1S/C22H27N3O3/c1-2-14-6-12-17(13-7-14)25-19-5-3-4-18(19)20(24-25)21(26)23-16-10-8-15(9-11-16)22(27)28/h6-7,12-13,15-16H,2-5,8-11H2,1H3,(H,23,26)(H,27,28). The molecule has 0 saturated heterocycles. The van der Waals surface area contributed by atoms with E-state index in [1.165, 1.54) is 5.56 Å². The van der Waals surface area contributed by atoms with E-state index in [0.29, 0.717) is 31.4 Å². The van der Waals surface area contributed by atoms with Gasteiger partial charge in [0.05, 0.1) is 11.6 Å². The number of amides is 1. The molecule has 0 radical (unpaired) electrons. The van der Waals surface area contributed by atoms with E-state index in [1.54, 1.807) is 0 Å². The Labute approximate surface area is 164 Å². The summed E-state index contributed by atoms with van der Waals surface area (Å²) < 4.78 is 1.93. The summed E-state index contributed by atoms with van der Waals surface area (Å²) in [5.74, 6) is -1.13. The first-order chi connectivity index (χ1) is 13.6. The summed E-state index contributed by atoms with van der Waals surface area (Å²) in [5.41, 5.74) is 5.02. The van der Waals surface area contributed by atoms with Crippen LogP contribution in [0, 0.1) is 5.92 Å². The molecule has 28 heavy (non-hydrogen) atoms. The highest BCUT2D eigenvalue weighted by atomic mass is 16.4. The largest absolute Gasteiger partial charge is 0.481 e. The Morgan fingerprint density at radius 1 is 1.14 bits per heavy atom. The van der Waals surface area contributed by atoms with Gasteiger partial charge in [0.1, 0.15) is 0 Å². The number of carboxylic acids is 1. The maximum absolute atomic E-state index is 12.9. The van der Waals surface area contributed by atoms with Crippen molar-refractivity contribution in [3.05, 3.63) is 46.8 Å². The van der Waals surface area contributed by atoms with E-state index < -0.39 is 5.97 Å². The van der Waals surface area contributed by atoms with Crippen LogP contribution in [0.4, 0.5) is 0 Å².